The molecule has 4 saturated carbocycles. The Labute approximate surface area is 215 Å². The lowest BCUT2D eigenvalue weighted by molar-refractivity contribution is -0.946. The first-order chi connectivity index (χ1) is 16.6. The Morgan fingerprint density at radius 1 is 0.657 bits per heavy atom. The number of piperidine rings is 2. The third-order valence-corrected chi connectivity index (χ3v) is 13.8. The first-order valence-corrected chi connectivity index (χ1v) is 15.7. The quantitative estimate of drug-likeness (QED) is 0.539. The fraction of sp³-hybridized carbons (Fsp3) is 1.00. The van der Waals surface area contributed by atoms with Crippen LogP contribution < -0.4 is 0 Å². The van der Waals surface area contributed by atoms with E-state index in [-0.39, 0.29) is 12.2 Å². The van der Waals surface area contributed by atoms with E-state index in [0.29, 0.717) is 34.7 Å². The van der Waals surface area contributed by atoms with Gasteiger partial charge in [-0.1, -0.05) is 13.8 Å². The molecule has 4 nitrogen and oxygen atoms in total. The van der Waals surface area contributed by atoms with Crippen LogP contribution in [0.1, 0.15) is 97.3 Å². The summed E-state index contributed by atoms with van der Waals surface area (Å²) in [6.07, 6.45) is 16.5. The van der Waals surface area contributed by atoms with Crippen molar-refractivity contribution in [3.05, 3.63) is 0 Å². The lowest BCUT2D eigenvalue weighted by Gasteiger charge is -2.63. The van der Waals surface area contributed by atoms with E-state index in [1.54, 1.807) is 0 Å². The van der Waals surface area contributed by atoms with Gasteiger partial charge in [0, 0.05) is 11.8 Å². The number of likely N-dealkylation sites (N-methyl/N-ethyl adjacent to an activating group) is 2. The molecular weight excluding hydrogens is 432 g/mol. The summed E-state index contributed by atoms with van der Waals surface area (Å²) in [5.41, 5.74) is 0.675. The number of hydrogen-bond acceptors (Lipinski definition) is 2. The van der Waals surface area contributed by atoms with Gasteiger partial charge in [0.2, 0.25) is 0 Å². The standard InChI is InChI=1S/C31H56N2O2/c1-30-14-13-24-23(25(30)20-28(35)29(30)33(4)17-9-6-10-18-33)12-11-22-19-27(34)26(21-31(22,24)2)32(3)15-7-5-8-16-32/h22-29,34-35H,5-21H2,1-4H3/q+2/t22-,23+,24-,25-,26-,27-,28-,29-,30-,31-/m0/s1. The smallest absolute Gasteiger partial charge is 0.121 e. The van der Waals surface area contributed by atoms with Crippen molar-refractivity contribution in [1.29, 1.82) is 0 Å². The van der Waals surface area contributed by atoms with Gasteiger partial charge in [0.25, 0.3) is 0 Å². The highest BCUT2D eigenvalue weighted by Crippen LogP contribution is 2.67. The predicted octanol–water partition coefficient (Wildman–Crippen LogP) is 4.97. The van der Waals surface area contributed by atoms with Crippen molar-refractivity contribution in [3.63, 3.8) is 0 Å². The molecule has 4 aliphatic carbocycles. The molecule has 2 aliphatic heterocycles. The summed E-state index contributed by atoms with van der Waals surface area (Å²) in [6.45, 7) is 10.3. The monoisotopic (exact) mass is 488 g/mol. The lowest BCUT2D eigenvalue weighted by Crippen LogP contribution is -2.67. The van der Waals surface area contributed by atoms with Crippen LogP contribution >= 0.6 is 0 Å². The number of aliphatic hydroxyl groups is 2. The van der Waals surface area contributed by atoms with Crippen molar-refractivity contribution in [2.24, 2.45) is 34.5 Å². The number of fused-ring (bicyclic) bond motifs is 5. The first kappa shape index (κ1) is 25.1. The number of hydrogen-bond donors (Lipinski definition) is 2. The minimum Gasteiger partial charge on any atom is -0.387 e. The van der Waals surface area contributed by atoms with Crippen molar-refractivity contribution in [3.8, 4) is 0 Å². The van der Waals surface area contributed by atoms with Gasteiger partial charge in [-0.05, 0) is 106 Å². The zero-order valence-corrected chi connectivity index (χ0v) is 23.4. The molecular formula is C31H56N2O2+2. The van der Waals surface area contributed by atoms with Crippen molar-refractivity contribution in [2.75, 3.05) is 40.3 Å². The number of rotatable bonds is 2. The second-order valence-corrected chi connectivity index (χ2v) is 15.5. The van der Waals surface area contributed by atoms with Crippen LogP contribution in [-0.4, -0.2) is 83.7 Å². The Hall–Kier alpha value is -0.160. The van der Waals surface area contributed by atoms with Crippen LogP contribution in [0.2, 0.25) is 0 Å². The molecule has 200 valence electrons. The molecule has 10 atom stereocenters. The zero-order chi connectivity index (χ0) is 24.6. The molecule has 0 spiro atoms. The van der Waals surface area contributed by atoms with Gasteiger partial charge in [-0.2, -0.15) is 0 Å². The van der Waals surface area contributed by atoms with Crippen molar-refractivity contribution in [1.82, 2.24) is 0 Å². The van der Waals surface area contributed by atoms with E-state index < -0.39 is 0 Å². The summed E-state index contributed by atoms with van der Waals surface area (Å²) < 4.78 is 2.26. The van der Waals surface area contributed by atoms with Crippen LogP contribution in [0.4, 0.5) is 0 Å². The molecule has 6 rings (SSSR count). The molecule has 6 fully saturated rings. The summed E-state index contributed by atoms with van der Waals surface area (Å²) in [5.74, 6) is 2.97. The lowest BCUT2D eigenvalue weighted by atomic mass is 9.44. The van der Waals surface area contributed by atoms with Crippen LogP contribution in [0.3, 0.4) is 0 Å². The molecule has 0 amide bonds. The van der Waals surface area contributed by atoms with Gasteiger partial charge in [-0.3, -0.25) is 0 Å². The number of aliphatic hydroxyl groups excluding tert-OH is 2. The average Bonchev–Trinajstić information content (AvgIpc) is 3.10. The molecule has 2 heterocycles. The highest BCUT2D eigenvalue weighted by Gasteiger charge is 2.67. The van der Waals surface area contributed by atoms with Crippen molar-refractivity contribution < 1.29 is 19.2 Å². The minimum atomic E-state index is -0.115. The van der Waals surface area contributed by atoms with E-state index in [0.717, 1.165) is 33.6 Å². The summed E-state index contributed by atoms with van der Waals surface area (Å²) in [6, 6.07) is 0.876. The maximum Gasteiger partial charge on any atom is 0.121 e. The largest absolute Gasteiger partial charge is 0.387 e. The topological polar surface area (TPSA) is 40.5 Å². The Kier molecular flexibility index (Phi) is 6.23. The minimum absolute atomic E-state index is 0.109. The van der Waals surface area contributed by atoms with E-state index >= 15 is 0 Å². The summed E-state index contributed by atoms with van der Waals surface area (Å²) >= 11 is 0. The Morgan fingerprint density at radius 2 is 1.29 bits per heavy atom. The summed E-state index contributed by atoms with van der Waals surface area (Å²) in [7, 11) is 4.95. The average molecular weight is 489 g/mol. The maximum absolute atomic E-state index is 11.6. The van der Waals surface area contributed by atoms with Gasteiger partial charge >= 0.3 is 0 Å². The molecule has 0 bridgehead atoms. The van der Waals surface area contributed by atoms with E-state index in [2.05, 4.69) is 27.9 Å². The molecule has 2 saturated heterocycles. The van der Waals surface area contributed by atoms with Crippen molar-refractivity contribution in [2.45, 2.75) is 122 Å². The molecule has 0 aromatic carbocycles. The molecule has 0 unspecified atom stereocenters. The summed E-state index contributed by atoms with van der Waals surface area (Å²) in [5, 5.41) is 23.0. The number of quaternary nitrogens is 2. The van der Waals surface area contributed by atoms with E-state index in [1.807, 2.05) is 0 Å². The molecule has 0 aromatic heterocycles. The third-order valence-electron chi connectivity index (χ3n) is 13.8. The van der Waals surface area contributed by atoms with Crippen LogP contribution in [0, 0.1) is 34.5 Å². The van der Waals surface area contributed by atoms with Crippen molar-refractivity contribution >= 4 is 0 Å². The molecule has 4 heteroatoms. The zero-order valence-electron chi connectivity index (χ0n) is 23.4. The highest BCUT2D eigenvalue weighted by atomic mass is 16.3. The van der Waals surface area contributed by atoms with Crippen LogP contribution in [0.5, 0.6) is 0 Å². The molecule has 6 aliphatic rings. The van der Waals surface area contributed by atoms with Gasteiger partial charge < -0.3 is 19.2 Å². The first-order valence-electron chi connectivity index (χ1n) is 15.7. The Bertz CT molecular complexity index is 789. The molecule has 35 heavy (non-hydrogen) atoms. The van der Waals surface area contributed by atoms with Crippen LogP contribution in [0.25, 0.3) is 0 Å². The van der Waals surface area contributed by atoms with Crippen LogP contribution in [0.15, 0.2) is 0 Å². The normalized spacial score (nSPS) is 53.3. The third kappa shape index (κ3) is 3.73. The fourth-order valence-corrected chi connectivity index (χ4v) is 12.1. The van der Waals surface area contributed by atoms with Gasteiger partial charge in [-0.25, -0.2) is 0 Å². The van der Waals surface area contributed by atoms with Gasteiger partial charge in [-0.15, -0.1) is 0 Å². The van der Waals surface area contributed by atoms with E-state index in [4.69, 9.17) is 0 Å². The Balaban J connectivity index is 1.27. The Morgan fingerprint density at radius 3 is 1.94 bits per heavy atom. The maximum atomic E-state index is 11.6. The second kappa shape index (κ2) is 8.68. The molecule has 2 N–H and O–H groups in total. The van der Waals surface area contributed by atoms with Gasteiger partial charge in [0.1, 0.15) is 24.3 Å². The van der Waals surface area contributed by atoms with Crippen LogP contribution in [-0.2, 0) is 0 Å². The van der Waals surface area contributed by atoms with Gasteiger partial charge in [0.05, 0.1) is 40.3 Å². The molecule has 0 aromatic rings. The predicted molar refractivity (Wildman–Crippen MR) is 142 cm³/mol. The van der Waals surface area contributed by atoms with Gasteiger partial charge in [0.15, 0.2) is 0 Å². The SMILES string of the molecule is C[C@]12C[C@H]([N+]3(C)CCCCC3)[C@@H](O)C[C@@H]1CC[C@@H]1[C@@H]2CC[C@@]2(C)[C@H]1C[C@H](O)[C@@H]2[N+]1(C)CCCCC1. The molecule has 0 radical (unpaired) electrons. The number of likely N-dealkylation sites (tertiary alicyclic amines) is 2. The summed E-state index contributed by atoms with van der Waals surface area (Å²) in [4.78, 5) is 0. The highest BCUT2D eigenvalue weighted by molar-refractivity contribution is 5.13. The van der Waals surface area contributed by atoms with E-state index in [1.165, 1.54) is 96.8 Å². The van der Waals surface area contributed by atoms with E-state index in [9.17, 15) is 10.2 Å². The fourth-order valence-electron chi connectivity index (χ4n) is 12.1. The number of nitrogens with zero attached hydrogens (tertiary/aromatic N) is 2. The second-order valence-electron chi connectivity index (χ2n) is 15.5.